The molecule has 3 aromatic carbocycles. The van der Waals surface area contributed by atoms with Gasteiger partial charge < -0.3 is 25.1 Å². The molecule has 0 aliphatic carbocycles. The predicted octanol–water partition coefficient (Wildman–Crippen LogP) is 5.23. The van der Waals surface area contributed by atoms with Crippen LogP contribution >= 0.6 is 11.8 Å². The summed E-state index contributed by atoms with van der Waals surface area (Å²) in [6, 6.07) is 24.1. The lowest BCUT2D eigenvalue weighted by Gasteiger charge is -2.41. The SMILES string of the molecule is COc1ccccc1SCC1OC(c2ccc(CN)cc2)OC(c2ccc(CO)cc2)C1C. The van der Waals surface area contributed by atoms with E-state index < -0.39 is 6.29 Å². The number of para-hydroxylation sites is 1. The van der Waals surface area contributed by atoms with Gasteiger partial charge in [-0.15, -0.1) is 11.8 Å². The molecular weight excluding hydrogens is 434 g/mol. The van der Waals surface area contributed by atoms with Crippen molar-refractivity contribution in [2.45, 2.75) is 43.5 Å². The van der Waals surface area contributed by atoms with E-state index in [1.54, 1.807) is 18.9 Å². The highest BCUT2D eigenvalue weighted by molar-refractivity contribution is 7.99. The lowest BCUT2D eigenvalue weighted by atomic mass is 9.91. The molecule has 33 heavy (non-hydrogen) atoms. The fourth-order valence-corrected chi connectivity index (χ4v) is 5.23. The minimum Gasteiger partial charge on any atom is -0.496 e. The lowest BCUT2D eigenvalue weighted by molar-refractivity contribution is -0.268. The Morgan fingerprint density at radius 3 is 2.24 bits per heavy atom. The molecule has 3 aromatic rings. The van der Waals surface area contributed by atoms with Gasteiger partial charge in [0.2, 0.25) is 0 Å². The normalized spacial score (nSPS) is 22.8. The van der Waals surface area contributed by atoms with Crippen LogP contribution in [0.3, 0.4) is 0 Å². The lowest BCUT2D eigenvalue weighted by Crippen LogP contribution is -2.38. The number of benzene rings is 3. The van der Waals surface area contributed by atoms with Gasteiger partial charge in [0.15, 0.2) is 6.29 Å². The van der Waals surface area contributed by atoms with Crippen molar-refractivity contribution in [3.8, 4) is 5.75 Å². The first kappa shape index (κ1) is 23.8. The van der Waals surface area contributed by atoms with Crippen LogP contribution in [0.4, 0.5) is 0 Å². The summed E-state index contributed by atoms with van der Waals surface area (Å²) in [5.41, 5.74) is 9.78. The second-order valence-corrected chi connectivity index (χ2v) is 9.29. The van der Waals surface area contributed by atoms with E-state index in [-0.39, 0.29) is 24.7 Å². The first-order chi connectivity index (χ1) is 16.1. The summed E-state index contributed by atoms with van der Waals surface area (Å²) >= 11 is 1.73. The van der Waals surface area contributed by atoms with Crippen LogP contribution in [0, 0.1) is 5.92 Å². The molecule has 1 heterocycles. The van der Waals surface area contributed by atoms with Gasteiger partial charge in [0.1, 0.15) is 5.75 Å². The summed E-state index contributed by atoms with van der Waals surface area (Å²) in [7, 11) is 1.69. The summed E-state index contributed by atoms with van der Waals surface area (Å²) in [4.78, 5) is 1.09. The molecule has 0 aromatic heterocycles. The van der Waals surface area contributed by atoms with Crippen LogP contribution in [-0.4, -0.2) is 24.1 Å². The molecule has 5 nitrogen and oxygen atoms in total. The number of methoxy groups -OCH3 is 1. The van der Waals surface area contributed by atoms with E-state index >= 15 is 0 Å². The van der Waals surface area contributed by atoms with Crippen molar-refractivity contribution < 1.29 is 19.3 Å². The van der Waals surface area contributed by atoms with Crippen LogP contribution in [-0.2, 0) is 22.6 Å². The number of ether oxygens (including phenoxy) is 3. The zero-order chi connectivity index (χ0) is 23.2. The van der Waals surface area contributed by atoms with E-state index in [1.807, 2.05) is 66.7 Å². The maximum atomic E-state index is 9.41. The van der Waals surface area contributed by atoms with E-state index in [2.05, 4.69) is 13.0 Å². The van der Waals surface area contributed by atoms with Crippen molar-refractivity contribution in [3.05, 3.63) is 95.1 Å². The number of thioether (sulfide) groups is 1. The minimum atomic E-state index is -0.473. The largest absolute Gasteiger partial charge is 0.496 e. The van der Waals surface area contributed by atoms with E-state index in [1.165, 1.54) is 0 Å². The molecule has 0 bridgehead atoms. The Balaban J connectivity index is 1.59. The summed E-state index contributed by atoms with van der Waals surface area (Å²) in [6.07, 6.45) is -0.636. The first-order valence-corrected chi connectivity index (χ1v) is 12.2. The molecule has 1 aliphatic rings. The Morgan fingerprint density at radius 2 is 1.58 bits per heavy atom. The Morgan fingerprint density at radius 1 is 0.909 bits per heavy atom. The van der Waals surface area contributed by atoms with Gasteiger partial charge >= 0.3 is 0 Å². The van der Waals surface area contributed by atoms with Gasteiger partial charge in [0.25, 0.3) is 0 Å². The average molecular weight is 466 g/mol. The molecule has 0 spiro atoms. The standard InChI is InChI=1S/C27H31NO4S/c1-18-24(17-33-25-6-4-3-5-23(25)30-2)31-27(22-13-7-19(15-28)8-14-22)32-26(18)21-11-9-20(16-29)10-12-21/h3-14,18,24,26-27,29H,15-17,28H2,1-2H3. The molecule has 174 valence electrons. The molecule has 6 heteroatoms. The molecule has 1 fully saturated rings. The number of aliphatic hydroxyl groups is 1. The van der Waals surface area contributed by atoms with Crippen molar-refractivity contribution >= 4 is 11.8 Å². The second kappa shape index (κ2) is 11.2. The van der Waals surface area contributed by atoms with E-state index in [0.717, 1.165) is 38.7 Å². The highest BCUT2D eigenvalue weighted by atomic mass is 32.2. The number of nitrogens with two attached hydrogens (primary N) is 1. The van der Waals surface area contributed by atoms with Gasteiger partial charge in [0, 0.05) is 28.7 Å². The van der Waals surface area contributed by atoms with Gasteiger partial charge in [0.05, 0.1) is 25.9 Å². The highest BCUT2D eigenvalue weighted by Gasteiger charge is 2.38. The van der Waals surface area contributed by atoms with Gasteiger partial charge in [-0.05, 0) is 28.8 Å². The Labute approximate surface area is 199 Å². The molecule has 0 radical (unpaired) electrons. The van der Waals surface area contributed by atoms with Crippen LogP contribution in [0.1, 0.15) is 41.6 Å². The Hall–Kier alpha value is -2.35. The zero-order valence-electron chi connectivity index (χ0n) is 19.0. The van der Waals surface area contributed by atoms with Crippen molar-refractivity contribution in [2.24, 2.45) is 11.7 Å². The molecule has 4 rings (SSSR count). The first-order valence-electron chi connectivity index (χ1n) is 11.2. The fraction of sp³-hybridized carbons (Fsp3) is 0.333. The van der Waals surface area contributed by atoms with Gasteiger partial charge in [-0.1, -0.05) is 67.6 Å². The van der Waals surface area contributed by atoms with Crippen LogP contribution in [0.2, 0.25) is 0 Å². The highest BCUT2D eigenvalue weighted by Crippen LogP contribution is 2.43. The average Bonchev–Trinajstić information content (AvgIpc) is 2.88. The molecule has 1 aliphatic heterocycles. The zero-order valence-corrected chi connectivity index (χ0v) is 19.8. The molecule has 3 N–H and O–H groups in total. The third kappa shape index (κ3) is 5.60. The van der Waals surface area contributed by atoms with Gasteiger partial charge in [-0.25, -0.2) is 0 Å². The van der Waals surface area contributed by atoms with E-state index in [0.29, 0.717) is 6.54 Å². The second-order valence-electron chi connectivity index (χ2n) is 8.23. The quantitative estimate of drug-likeness (QED) is 0.444. The van der Waals surface area contributed by atoms with E-state index in [4.69, 9.17) is 19.9 Å². The van der Waals surface area contributed by atoms with Crippen molar-refractivity contribution in [1.29, 1.82) is 0 Å². The smallest absolute Gasteiger partial charge is 0.184 e. The van der Waals surface area contributed by atoms with Crippen LogP contribution in [0.5, 0.6) is 5.75 Å². The molecule has 0 amide bonds. The number of hydrogen-bond donors (Lipinski definition) is 2. The number of rotatable bonds is 8. The number of aliphatic hydroxyl groups excluding tert-OH is 1. The van der Waals surface area contributed by atoms with Gasteiger partial charge in [-0.2, -0.15) is 0 Å². The molecule has 4 unspecified atom stereocenters. The van der Waals surface area contributed by atoms with Crippen molar-refractivity contribution in [1.82, 2.24) is 0 Å². The maximum absolute atomic E-state index is 9.41. The summed E-state index contributed by atoms with van der Waals surface area (Å²) in [5.74, 6) is 1.77. The van der Waals surface area contributed by atoms with Crippen molar-refractivity contribution in [3.63, 3.8) is 0 Å². The monoisotopic (exact) mass is 465 g/mol. The predicted molar refractivity (Wildman–Crippen MR) is 131 cm³/mol. The third-order valence-electron chi connectivity index (χ3n) is 6.08. The van der Waals surface area contributed by atoms with Crippen LogP contribution < -0.4 is 10.5 Å². The van der Waals surface area contributed by atoms with Crippen LogP contribution in [0.15, 0.2) is 77.7 Å². The van der Waals surface area contributed by atoms with Gasteiger partial charge in [-0.3, -0.25) is 0 Å². The Bertz CT molecular complexity index is 1030. The topological polar surface area (TPSA) is 73.9 Å². The molecule has 1 saturated heterocycles. The summed E-state index contributed by atoms with van der Waals surface area (Å²) < 4.78 is 18.5. The summed E-state index contributed by atoms with van der Waals surface area (Å²) in [5, 5.41) is 9.41. The van der Waals surface area contributed by atoms with Crippen molar-refractivity contribution in [2.75, 3.05) is 12.9 Å². The summed E-state index contributed by atoms with van der Waals surface area (Å²) in [6.45, 7) is 2.70. The Kier molecular flexibility index (Phi) is 8.06. The minimum absolute atomic E-state index is 0.0265. The van der Waals surface area contributed by atoms with E-state index in [9.17, 15) is 5.11 Å². The molecule has 4 atom stereocenters. The number of hydrogen-bond acceptors (Lipinski definition) is 6. The fourth-order valence-electron chi connectivity index (χ4n) is 4.03. The third-order valence-corrected chi connectivity index (χ3v) is 7.23. The molecular formula is C27H31NO4S. The van der Waals surface area contributed by atoms with Crippen LogP contribution in [0.25, 0.3) is 0 Å². The maximum Gasteiger partial charge on any atom is 0.184 e. The molecule has 0 saturated carbocycles.